The van der Waals surface area contributed by atoms with Crippen LogP contribution in [0, 0.1) is 13.8 Å². The van der Waals surface area contributed by atoms with Crippen molar-refractivity contribution < 1.29 is 4.74 Å². The topological polar surface area (TPSA) is 66.7 Å². The van der Waals surface area contributed by atoms with Crippen molar-refractivity contribution in [1.29, 1.82) is 0 Å². The largest absolute Gasteiger partial charge is 0.383 e. The number of nitrogens with one attached hydrogen (secondary N) is 2. The van der Waals surface area contributed by atoms with Gasteiger partial charge in [-0.3, -0.25) is 9.58 Å². The molecule has 1 aromatic carbocycles. The van der Waals surface area contributed by atoms with Gasteiger partial charge < -0.3 is 15.4 Å². The lowest BCUT2D eigenvalue weighted by Gasteiger charge is -2.21. The highest BCUT2D eigenvalue weighted by atomic mass is 127. The van der Waals surface area contributed by atoms with E-state index in [1.54, 1.807) is 7.11 Å². The quantitative estimate of drug-likeness (QED) is 0.282. The van der Waals surface area contributed by atoms with Gasteiger partial charge >= 0.3 is 0 Å². The van der Waals surface area contributed by atoms with Crippen LogP contribution in [-0.4, -0.2) is 59.5 Å². The summed E-state index contributed by atoms with van der Waals surface area (Å²) in [5.74, 6) is 0.879. The summed E-state index contributed by atoms with van der Waals surface area (Å²) in [7, 11) is 1.72. The number of guanidine groups is 1. The standard InChI is InChI=1S/C24H38N6O.HI/c1-6-25-24(26-15-23-19(3)28-30(20(23)4)12-13-31-5)27-22-14-18(2)29(17-22)16-21-10-8-7-9-11-21;/h7-11,18,22H,6,12-17H2,1-5H3,(H2,25,26,27);1H. The fourth-order valence-electron chi connectivity index (χ4n) is 4.27. The molecule has 0 aliphatic carbocycles. The number of rotatable bonds is 9. The maximum absolute atomic E-state index is 5.20. The monoisotopic (exact) mass is 554 g/mol. The molecule has 1 aromatic heterocycles. The Labute approximate surface area is 210 Å². The molecule has 1 aliphatic heterocycles. The molecular formula is C24H39IN6O. The number of aryl methyl sites for hydroxylation is 1. The van der Waals surface area contributed by atoms with Gasteiger partial charge in [0.2, 0.25) is 0 Å². The first-order chi connectivity index (χ1) is 15.0. The Morgan fingerprint density at radius 1 is 1.25 bits per heavy atom. The van der Waals surface area contributed by atoms with E-state index >= 15 is 0 Å². The summed E-state index contributed by atoms with van der Waals surface area (Å²) < 4.78 is 7.21. The molecule has 0 amide bonds. The number of methoxy groups -OCH3 is 1. The number of benzene rings is 1. The molecule has 2 N–H and O–H groups in total. The van der Waals surface area contributed by atoms with Crippen LogP contribution in [0.1, 0.15) is 42.8 Å². The molecule has 32 heavy (non-hydrogen) atoms. The second kappa shape index (κ2) is 13.2. The summed E-state index contributed by atoms with van der Waals surface area (Å²) in [6.45, 7) is 13.5. The van der Waals surface area contributed by atoms with E-state index in [1.165, 1.54) is 11.1 Å². The molecular weight excluding hydrogens is 515 g/mol. The zero-order chi connectivity index (χ0) is 22.2. The van der Waals surface area contributed by atoms with Crippen molar-refractivity contribution in [2.45, 2.75) is 65.8 Å². The van der Waals surface area contributed by atoms with E-state index in [4.69, 9.17) is 9.73 Å². The van der Waals surface area contributed by atoms with Crippen molar-refractivity contribution in [3.05, 3.63) is 52.8 Å². The lowest BCUT2D eigenvalue weighted by molar-refractivity contribution is 0.182. The Morgan fingerprint density at radius 3 is 2.69 bits per heavy atom. The van der Waals surface area contributed by atoms with Crippen molar-refractivity contribution in [2.24, 2.45) is 4.99 Å². The molecule has 2 aromatic rings. The zero-order valence-electron chi connectivity index (χ0n) is 20.1. The molecule has 8 heteroatoms. The average molecular weight is 555 g/mol. The molecule has 178 valence electrons. The van der Waals surface area contributed by atoms with Crippen molar-refractivity contribution in [2.75, 3.05) is 26.8 Å². The third-order valence-corrected chi connectivity index (χ3v) is 6.05. The Bertz CT molecular complexity index is 854. The van der Waals surface area contributed by atoms with Gasteiger partial charge in [0.25, 0.3) is 0 Å². The van der Waals surface area contributed by atoms with Gasteiger partial charge in [0.1, 0.15) is 0 Å². The van der Waals surface area contributed by atoms with Crippen LogP contribution in [0.25, 0.3) is 0 Å². The Hall–Kier alpha value is -1.65. The third kappa shape index (κ3) is 7.18. The van der Waals surface area contributed by atoms with Crippen molar-refractivity contribution in [1.82, 2.24) is 25.3 Å². The minimum Gasteiger partial charge on any atom is -0.383 e. The van der Waals surface area contributed by atoms with E-state index in [1.807, 2.05) is 4.68 Å². The summed E-state index contributed by atoms with van der Waals surface area (Å²) in [5.41, 5.74) is 4.76. The van der Waals surface area contributed by atoms with Gasteiger partial charge in [-0.1, -0.05) is 30.3 Å². The number of halogens is 1. The van der Waals surface area contributed by atoms with Crippen molar-refractivity contribution in [3.8, 4) is 0 Å². The average Bonchev–Trinajstić information content (AvgIpc) is 3.23. The molecule has 0 radical (unpaired) electrons. The van der Waals surface area contributed by atoms with Crippen LogP contribution >= 0.6 is 24.0 Å². The minimum absolute atomic E-state index is 0. The highest BCUT2D eigenvalue weighted by molar-refractivity contribution is 14.0. The lowest BCUT2D eigenvalue weighted by atomic mass is 10.2. The Morgan fingerprint density at radius 2 is 2.00 bits per heavy atom. The van der Waals surface area contributed by atoms with E-state index in [9.17, 15) is 0 Å². The number of ether oxygens (including phenoxy) is 1. The van der Waals surface area contributed by atoms with Gasteiger partial charge in [-0.2, -0.15) is 5.10 Å². The Balaban J connectivity index is 0.00000363. The molecule has 2 unspecified atom stereocenters. The molecule has 2 atom stereocenters. The van der Waals surface area contributed by atoms with Crippen LogP contribution < -0.4 is 10.6 Å². The number of hydrogen-bond acceptors (Lipinski definition) is 4. The molecule has 0 bridgehead atoms. The first kappa shape index (κ1) is 26.6. The third-order valence-electron chi connectivity index (χ3n) is 6.05. The SMILES string of the molecule is CCNC(=NCc1c(C)nn(CCOC)c1C)NC1CC(C)N(Cc2ccccc2)C1.I. The molecule has 7 nitrogen and oxygen atoms in total. The number of likely N-dealkylation sites (tertiary alicyclic amines) is 1. The van der Waals surface area contributed by atoms with Gasteiger partial charge in [0.15, 0.2) is 5.96 Å². The number of aliphatic imine (C=N–C) groups is 1. The molecule has 1 fully saturated rings. The van der Waals surface area contributed by atoms with E-state index in [-0.39, 0.29) is 24.0 Å². The summed E-state index contributed by atoms with van der Waals surface area (Å²) in [5, 5.41) is 11.7. The molecule has 3 rings (SSSR count). The number of nitrogens with zero attached hydrogens (tertiary/aromatic N) is 4. The summed E-state index contributed by atoms with van der Waals surface area (Å²) in [4.78, 5) is 7.43. The second-order valence-electron chi connectivity index (χ2n) is 8.40. The van der Waals surface area contributed by atoms with E-state index in [0.717, 1.165) is 49.9 Å². The van der Waals surface area contributed by atoms with Gasteiger partial charge in [-0.05, 0) is 39.7 Å². The number of hydrogen-bond donors (Lipinski definition) is 2. The smallest absolute Gasteiger partial charge is 0.191 e. The van der Waals surface area contributed by atoms with Crippen LogP contribution in [0.4, 0.5) is 0 Å². The van der Waals surface area contributed by atoms with Crippen LogP contribution in [0.3, 0.4) is 0 Å². The van der Waals surface area contributed by atoms with Crippen LogP contribution in [0.5, 0.6) is 0 Å². The lowest BCUT2D eigenvalue weighted by Crippen LogP contribution is -2.44. The summed E-state index contributed by atoms with van der Waals surface area (Å²) in [6.07, 6.45) is 1.12. The van der Waals surface area contributed by atoms with Crippen LogP contribution in [0.15, 0.2) is 35.3 Å². The van der Waals surface area contributed by atoms with E-state index < -0.39 is 0 Å². The van der Waals surface area contributed by atoms with Crippen molar-refractivity contribution in [3.63, 3.8) is 0 Å². The summed E-state index contributed by atoms with van der Waals surface area (Å²) in [6, 6.07) is 11.6. The first-order valence-electron chi connectivity index (χ1n) is 11.4. The van der Waals surface area contributed by atoms with E-state index in [2.05, 4.69) is 78.7 Å². The highest BCUT2D eigenvalue weighted by Gasteiger charge is 2.29. The second-order valence-corrected chi connectivity index (χ2v) is 8.40. The van der Waals surface area contributed by atoms with Crippen LogP contribution in [-0.2, 0) is 24.4 Å². The fraction of sp³-hybridized carbons (Fsp3) is 0.583. The molecule has 0 saturated carbocycles. The normalized spacial score (nSPS) is 19.1. The van der Waals surface area contributed by atoms with Crippen molar-refractivity contribution >= 4 is 29.9 Å². The molecule has 0 spiro atoms. The zero-order valence-corrected chi connectivity index (χ0v) is 22.4. The predicted octanol–water partition coefficient (Wildman–Crippen LogP) is 3.48. The molecule has 2 heterocycles. The summed E-state index contributed by atoms with van der Waals surface area (Å²) >= 11 is 0. The maximum Gasteiger partial charge on any atom is 0.191 e. The van der Waals surface area contributed by atoms with Gasteiger partial charge in [-0.15, -0.1) is 24.0 Å². The van der Waals surface area contributed by atoms with Crippen LogP contribution in [0.2, 0.25) is 0 Å². The highest BCUT2D eigenvalue weighted by Crippen LogP contribution is 2.20. The minimum atomic E-state index is 0. The predicted molar refractivity (Wildman–Crippen MR) is 142 cm³/mol. The maximum atomic E-state index is 5.20. The molecule has 1 saturated heterocycles. The Kier molecular flexibility index (Phi) is 10.9. The fourth-order valence-corrected chi connectivity index (χ4v) is 4.27. The number of aromatic nitrogens is 2. The van der Waals surface area contributed by atoms with Gasteiger partial charge in [0.05, 0.1) is 25.4 Å². The first-order valence-corrected chi connectivity index (χ1v) is 11.4. The van der Waals surface area contributed by atoms with Gasteiger partial charge in [0, 0.05) is 50.1 Å². The molecule has 1 aliphatic rings. The van der Waals surface area contributed by atoms with Gasteiger partial charge in [-0.25, -0.2) is 4.99 Å². The van der Waals surface area contributed by atoms with E-state index in [0.29, 0.717) is 25.2 Å².